The molecule has 2 atom stereocenters. The molecule has 0 aliphatic heterocycles. The van der Waals surface area contributed by atoms with Crippen molar-refractivity contribution < 1.29 is 18.0 Å². The van der Waals surface area contributed by atoms with E-state index in [1.807, 2.05) is 6.07 Å². The highest BCUT2D eigenvalue weighted by Crippen LogP contribution is 2.28. The molecule has 1 aliphatic carbocycles. The lowest BCUT2D eigenvalue weighted by atomic mass is 9.79. The van der Waals surface area contributed by atoms with E-state index in [0.717, 1.165) is 0 Å². The molecule has 23 heavy (non-hydrogen) atoms. The van der Waals surface area contributed by atoms with E-state index in [0.29, 0.717) is 17.3 Å². The quantitative estimate of drug-likeness (QED) is 0.839. The van der Waals surface area contributed by atoms with Gasteiger partial charge in [0.1, 0.15) is 11.9 Å². The topological polar surface area (TPSA) is 104 Å². The van der Waals surface area contributed by atoms with E-state index in [4.69, 9.17) is 5.26 Å². The van der Waals surface area contributed by atoms with Crippen LogP contribution in [0.1, 0.15) is 31.7 Å². The minimum atomic E-state index is -4.05. The summed E-state index contributed by atoms with van der Waals surface area (Å²) in [7, 11) is -4.05. The Kier molecular flexibility index (Phi) is 5.22. The Morgan fingerprint density at radius 3 is 2.74 bits per heavy atom. The van der Waals surface area contributed by atoms with Crippen molar-refractivity contribution in [2.75, 3.05) is 0 Å². The normalized spacial score (nSPS) is 21.5. The zero-order chi connectivity index (χ0) is 17.2. The number of nitriles is 1. The first kappa shape index (κ1) is 17.6. The Morgan fingerprint density at radius 1 is 1.43 bits per heavy atom. The molecule has 1 aromatic rings. The molecule has 6 nitrogen and oxygen atoms in total. The number of nitrogens with one attached hydrogen (secondary N) is 1. The first-order valence-corrected chi connectivity index (χ1v) is 9.30. The van der Waals surface area contributed by atoms with Gasteiger partial charge in [-0.3, -0.25) is 9.59 Å². The van der Waals surface area contributed by atoms with Gasteiger partial charge in [0.2, 0.25) is 5.91 Å². The SMILES string of the molecule is C[C@H]1CC(=O)CC[C@@H]1C(=O)NS(=O)(=O)c1ccc(Br)c(C#N)c1. The fourth-order valence-electron chi connectivity index (χ4n) is 2.62. The molecule has 0 heterocycles. The fraction of sp³-hybridized carbons (Fsp3) is 0.400. The summed E-state index contributed by atoms with van der Waals surface area (Å²) in [6, 6.07) is 5.83. The molecule has 1 saturated carbocycles. The van der Waals surface area contributed by atoms with Crippen LogP contribution < -0.4 is 4.72 Å². The molecule has 1 fully saturated rings. The Balaban J connectivity index is 2.20. The van der Waals surface area contributed by atoms with Crippen LogP contribution in [0, 0.1) is 23.2 Å². The molecule has 8 heteroatoms. The first-order chi connectivity index (χ1) is 10.7. The Labute approximate surface area is 143 Å². The molecule has 0 bridgehead atoms. The average Bonchev–Trinajstić information content (AvgIpc) is 2.46. The molecule has 0 saturated heterocycles. The summed E-state index contributed by atoms with van der Waals surface area (Å²) in [5.74, 6) is -1.21. The summed E-state index contributed by atoms with van der Waals surface area (Å²) in [5, 5.41) is 8.96. The third-order valence-corrected chi connectivity index (χ3v) is 5.95. The second kappa shape index (κ2) is 6.81. The number of hydrogen-bond acceptors (Lipinski definition) is 5. The van der Waals surface area contributed by atoms with E-state index in [-0.39, 0.29) is 28.6 Å². The van der Waals surface area contributed by atoms with Gasteiger partial charge in [-0.1, -0.05) is 6.92 Å². The van der Waals surface area contributed by atoms with Crippen LogP contribution in [0.4, 0.5) is 0 Å². The van der Waals surface area contributed by atoms with Crippen LogP contribution in [-0.4, -0.2) is 20.1 Å². The Hall–Kier alpha value is -1.72. The molecule has 0 aromatic heterocycles. The van der Waals surface area contributed by atoms with Crippen LogP contribution >= 0.6 is 15.9 Å². The molecule has 0 radical (unpaired) electrons. The molecule has 1 N–H and O–H groups in total. The predicted molar refractivity (Wildman–Crippen MR) is 85.7 cm³/mol. The second-order valence-electron chi connectivity index (χ2n) is 5.59. The van der Waals surface area contributed by atoms with E-state index in [1.165, 1.54) is 18.2 Å². The zero-order valence-electron chi connectivity index (χ0n) is 12.4. The number of ketones is 1. The number of nitrogens with zero attached hydrogens (tertiary/aromatic N) is 1. The molecular weight excluding hydrogens is 384 g/mol. The van der Waals surface area contributed by atoms with Crippen LogP contribution in [0.2, 0.25) is 0 Å². The van der Waals surface area contributed by atoms with Crippen LogP contribution in [0.15, 0.2) is 27.6 Å². The van der Waals surface area contributed by atoms with Gasteiger partial charge in [-0.2, -0.15) is 5.26 Å². The van der Waals surface area contributed by atoms with E-state index in [2.05, 4.69) is 20.7 Å². The maximum atomic E-state index is 12.3. The molecule has 2 rings (SSSR count). The summed E-state index contributed by atoms with van der Waals surface area (Å²) in [4.78, 5) is 23.5. The van der Waals surface area contributed by atoms with E-state index < -0.39 is 21.8 Å². The van der Waals surface area contributed by atoms with Crippen LogP contribution in [0.3, 0.4) is 0 Å². The molecular formula is C15H15BrN2O4S. The van der Waals surface area contributed by atoms with Gasteiger partial charge in [-0.05, 0) is 46.5 Å². The number of sulfonamides is 1. The minimum absolute atomic E-state index is 0.0935. The van der Waals surface area contributed by atoms with Crippen molar-refractivity contribution in [1.82, 2.24) is 4.72 Å². The first-order valence-electron chi connectivity index (χ1n) is 7.02. The number of rotatable bonds is 3. The summed E-state index contributed by atoms with van der Waals surface area (Å²) in [5.41, 5.74) is 0.164. The minimum Gasteiger partial charge on any atom is -0.300 e. The standard InChI is InChI=1S/C15H15BrN2O4S/c1-9-6-11(19)2-4-13(9)15(20)18-23(21,22)12-3-5-14(16)10(7-12)8-17/h3,5,7,9,13H,2,4,6H2,1H3,(H,18,20)/t9-,13-/m0/s1. The van der Waals surface area contributed by atoms with Gasteiger partial charge in [0, 0.05) is 23.2 Å². The number of carbonyl (C=O) groups excluding carboxylic acids is 2. The lowest BCUT2D eigenvalue weighted by Crippen LogP contribution is -2.40. The third kappa shape index (κ3) is 3.98. The number of benzene rings is 1. The van der Waals surface area contributed by atoms with E-state index >= 15 is 0 Å². The second-order valence-corrected chi connectivity index (χ2v) is 8.13. The molecule has 0 unspecified atom stereocenters. The van der Waals surface area contributed by atoms with Crippen molar-refractivity contribution >= 4 is 37.6 Å². The molecule has 1 aromatic carbocycles. The molecule has 122 valence electrons. The van der Waals surface area contributed by atoms with Gasteiger partial charge in [0.25, 0.3) is 10.0 Å². The summed E-state index contributed by atoms with van der Waals surface area (Å²) in [6.45, 7) is 1.77. The number of halogens is 1. The molecule has 1 amide bonds. The molecule has 0 spiro atoms. The van der Waals surface area contributed by atoms with Gasteiger partial charge < -0.3 is 0 Å². The number of carbonyl (C=O) groups is 2. The average molecular weight is 399 g/mol. The molecule has 1 aliphatic rings. The third-order valence-electron chi connectivity index (χ3n) is 3.91. The van der Waals surface area contributed by atoms with Crippen molar-refractivity contribution in [3.8, 4) is 6.07 Å². The van der Waals surface area contributed by atoms with Crippen LogP contribution in [0.5, 0.6) is 0 Å². The summed E-state index contributed by atoms with van der Waals surface area (Å²) < 4.78 is 27.2. The van der Waals surface area contributed by atoms with E-state index in [1.54, 1.807) is 6.92 Å². The predicted octanol–water partition coefficient (Wildman–Crippen LogP) is 2.13. The summed E-state index contributed by atoms with van der Waals surface area (Å²) >= 11 is 3.15. The van der Waals surface area contributed by atoms with Crippen molar-refractivity contribution in [3.63, 3.8) is 0 Å². The van der Waals surface area contributed by atoms with Gasteiger partial charge in [-0.25, -0.2) is 13.1 Å². The number of amides is 1. The summed E-state index contributed by atoms with van der Waals surface area (Å²) in [6.07, 6.45) is 0.930. The Morgan fingerprint density at radius 2 is 2.13 bits per heavy atom. The highest BCUT2D eigenvalue weighted by Gasteiger charge is 2.33. The fourth-order valence-corrected chi connectivity index (χ4v) is 4.01. The van der Waals surface area contributed by atoms with Crippen LogP contribution in [0.25, 0.3) is 0 Å². The number of hydrogen-bond donors (Lipinski definition) is 1. The van der Waals surface area contributed by atoms with Gasteiger partial charge in [0.15, 0.2) is 0 Å². The van der Waals surface area contributed by atoms with Gasteiger partial charge in [-0.15, -0.1) is 0 Å². The highest BCUT2D eigenvalue weighted by atomic mass is 79.9. The largest absolute Gasteiger partial charge is 0.300 e. The zero-order valence-corrected chi connectivity index (χ0v) is 14.8. The maximum Gasteiger partial charge on any atom is 0.264 e. The van der Waals surface area contributed by atoms with Crippen molar-refractivity contribution in [1.29, 1.82) is 5.26 Å². The lowest BCUT2D eigenvalue weighted by Gasteiger charge is -2.26. The van der Waals surface area contributed by atoms with Gasteiger partial charge >= 0.3 is 0 Å². The smallest absolute Gasteiger partial charge is 0.264 e. The van der Waals surface area contributed by atoms with Crippen LogP contribution in [-0.2, 0) is 19.6 Å². The monoisotopic (exact) mass is 398 g/mol. The number of Topliss-reactive ketones (excluding diaryl/α,β-unsaturated/α-hetero) is 1. The van der Waals surface area contributed by atoms with E-state index in [9.17, 15) is 18.0 Å². The van der Waals surface area contributed by atoms with Gasteiger partial charge in [0.05, 0.1) is 10.5 Å². The highest BCUT2D eigenvalue weighted by molar-refractivity contribution is 9.10. The Bertz CT molecular complexity index is 798. The van der Waals surface area contributed by atoms with Crippen molar-refractivity contribution in [2.45, 2.75) is 31.1 Å². The van der Waals surface area contributed by atoms with Crippen molar-refractivity contribution in [3.05, 3.63) is 28.2 Å². The lowest BCUT2D eigenvalue weighted by molar-refractivity contribution is -0.129. The van der Waals surface area contributed by atoms with Crippen molar-refractivity contribution in [2.24, 2.45) is 11.8 Å². The maximum absolute atomic E-state index is 12.3.